The van der Waals surface area contributed by atoms with Gasteiger partial charge in [-0.05, 0) is 80.3 Å². The van der Waals surface area contributed by atoms with Crippen LogP contribution in [0.2, 0.25) is 0 Å². The molecule has 3 N–H and O–H groups in total. The number of phenolic OH excluding ortho intramolecular Hbond substituents is 2. The minimum Gasteiger partial charge on any atom is -0.507 e. The Bertz CT molecular complexity index is 1950. The summed E-state index contributed by atoms with van der Waals surface area (Å²) in [6.45, 7) is 2.95. The van der Waals surface area contributed by atoms with Gasteiger partial charge in [-0.15, -0.1) is 0 Å². The number of likely N-dealkylation sites (tertiary alicyclic amines) is 1. The van der Waals surface area contributed by atoms with Crippen molar-refractivity contribution in [3.05, 3.63) is 92.9 Å². The summed E-state index contributed by atoms with van der Waals surface area (Å²) >= 11 is 0. The van der Waals surface area contributed by atoms with Crippen LogP contribution in [0.25, 0.3) is 6.08 Å². The predicted molar refractivity (Wildman–Crippen MR) is 197 cm³/mol. The Kier molecular flexibility index (Phi) is 11.6. The number of methoxy groups -OCH3 is 1. The second kappa shape index (κ2) is 16.5. The molecule has 1 unspecified atom stereocenters. The van der Waals surface area contributed by atoms with Crippen LogP contribution in [0.15, 0.2) is 59.4 Å². The summed E-state index contributed by atoms with van der Waals surface area (Å²) in [7, 11) is 1.52. The number of allylic oxidation sites excluding steroid dienone is 1. The smallest absolute Gasteiger partial charge is 0.342 e. The third kappa shape index (κ3) is 8.64. The van der Waals surface area contributed by atoms with E-state index in [0.29, 0.717) is 69.5 Å². The average molecular weight is 726 g/mol. The summed E-state index contributed by atoms with van der Waals surface area (Å²) in [5, 5.41) is 26.0. The van der Waals surface area contributed by atoms with Crippen molar-refractivity contribution in [2.45, 2.75) is 82.8 Å². The molecule has 2 bridgehead atoms. The number of cyclic esters (lactones) is 1. The van der Waals surface area contributed by atoms with Crippen LogP contribution in [0.3, 0.4) is 0 Å². The second-order valence-electron chi connectivity index (χ2n) is 14.4. The summed E-state index contributed by atoms with van der Waals surface area (Å²) in [5.41, 5.74) is 1.51. The number of Topliss-reactive ketones (excluding diaryl/α,β-unsaturated/α-hetero) is 1. The van der Waals surface area contributed by atoms with Crippen molar-refractivity contribution in [1.29, 1.82) is 0 Å². The Labute approximate surface area is 308 Å². The van der Waals surface area contributed by atoms with Crippen molar-refractivity contribution in [3.63, 3.8) is 0 Å². The molecule has 0 aliphatic carbocycles. The number of esters is 1. The molecule has 6 rings (SSSR count). The lowest BCUT2D eigenvalue weighted by molar-refractivity contribution is -0.135. The van der Waals surface area contributed by atoms with Gasteiger partial charge in [-0.25, -0.2) is 4.79 Å². The molecular weight excluding hydrogens is 678 g/mol. The van der Waals surface area contributed by atoms with Crippen LogP contribution in [-0.4, -0.2) is 76.1 Å². The molecule has 2 aromatic carbocycles. The molecule has 53 heavy (non-hydrogen) atoms. The van der Waals surface area contributed by atoms with E-state index in [9.17, 15) is 34.2 Å². The number of aromatic nitrogens is 1. The van der Waals surface area contributed by atoms with Gasteiger partial charge >= 0.3 is 5.97 Å². The normalized spacial score (nSPS) is 21.6. The Balaban J connectivity index is 1.25. The molecule has 1 fully saturated rings. The Morgan fingerprint density at radius 1 is 1.02 bits per heavy atom. The number of nitrogens with one attached hydrogen (secondary N) is 1. The summed E-state index contributed by atoms with van der Waals surface area (Å²) in [6.07, 6.45) is 6.54. The fourth-order valence-corrected chi connectivity index (χ4v) is 7.89. The van der Waals surface area contributed by atoms with Gasteiger partial charge in [0.25, 0.3) is 5.56 Å². The fraction of sp³-hybridized carbons (Fsp3) is 0.439. The van der Waals surface area contributed by atoms with E-state index in [1.54, 1.807) is 64.9 Å². The lowest BCUT2D eigenvalue weighted by Crippen LogP contribution is -2.51. The summed E-state index contributed by atoms with van der Waals surface area (Å²) in [4.78, 5) is 67.1. The van der Waals surface area contributed by atoms with E-state index in [2.05, 4.69) is 5.32 Å². The first kappa shape index (κ1) is 37.4. The maximum Gasteiger partial charge on any atom is 0.342 e. The number of carbonyl (C=O) groups excluding carboxylic acids is 4. The number of hydrogen-bond donors (Lipinski definition) is 3. The van der Waals surface area contributed by atoms with Crippen molar-refractivity contribution < 1.29 is 38.9 Å². The molecule has 0 saturated carbocycles. The number of ether oxygens (including phenoxy) is 2. The average Bonchev–Trinajstić information content (AvgIpc) is 3.13. The van der Waals surface area contributed by atoms with E-state index in [1.165, 1.54) is 13.2 Å². The van der Waals surface area contributed by atoms with Crippen LogP contribution in [0.5, 0.6) is 17.2 Å². The minimum absolute atomic E-state index is 0.0297. The van der Waals surface area contributed by atoms with E-state index >= 15 is 0 Å². The number of amides is 2. The van der Waals surface area contributed by atoms with Gasteiger partial charge in [0.1, 0.15) is 28.6 Å². The number of carbonyl (C=O) groups is 4. The first-order valence-corrected chi connectivity index (χ1v) is 18.4. The van der Waals surface area contributed by atoms with Crippen LogP contribution in [0.4, 0.5) is 0 Å². The molecule has 4 heterocycles. The number of nitrogens with zero attached hydrogens (tertiary/aromatic N) is 2. The molecule has 12 heteroatoms. The fourth-order valence-electron chi connectivity index (χ4n) is 7.89. The number of pyridine rings is 1. The van der Waals surface area contributed by atoms with Gasteiger partial charge in [-0.2, -0.15) is 0 Å². The number of fused-ring (bicyclic) bond motifs is 5. The lowest BCUT2D eigenvalue weighted by atomic mass is 9.83. The highest BCUT2D eigenvalue weighted by molar-refractivity contribution is 5.98. The molecule has 2 amide bonds. The van der Waals surface area contributed by atoms with Crippen LogP contribution in [0.1, 0.15) is 103 Å². The summed E-state index contributed by atoms with van der Waals surface area (Å²) in [6, 6.07) is 13.4. The SMILES string of the molecule is COc1ccc(C(CC(=O)NCC(=O)N2C[C@@H]3C[C@H](C2)c2cccc(=O)n2C3)c2c(O)cc3c(c2O)C(=O)O[C@@H](C)CCCC(=O)CCC/C=C/3)cc1. The van der Waals surface area contributed by atoms with Crippen LogP contribution in [-0.2, 0) is 25.7 Å². The summed E-state index contributed by atoms with van der Waals surface area (Å²) in [5.74, 6) is -2.42. The van der Waals surface area contributed by atoms with Crippen molar-refractivity contribution in [1.82, 2.24) is 14.8 Å². The van der Waals surface area contributed by atoms with Crippen molar-refractivity contribution in [2.75, 3.05) is 26.7 Å². The van der Waals surface area contributed by atoms with Gasteiger partial charge < -0.3 is 34.5 Å². The number of piperidine rings is 1. The van der Waals surface area contributed by atoms with Crippen LogP contribution in [0, 0.1) is 5.92 Å². The maximum atomic E-state index is 13.7. The number of hydrogen-bond acceptors (Lipinski definition) is 9. The molecule has 3 aliphatic heterocycles. The zero-order chi connectivity index (χ0) is 37.6. The van der Waals surface area contributed by atoms with Gasteiger partial charge in [-0.3, -0.25) is 19.2 Å². The molecule has 0 spiro atoms. The molecule has 1 saturated heterocycles. The maximum absolute atomic E-state index is 13.7. The highest BCUT2D eigenvalue weighted by Crippen LogP contribution is 2.44. The first-order valence-electron chi connectivity index (χ1n) is 18.4. The van der Waals surface area contributed by atoms with Crippen molar-refractivity contribution >= 4 is 29.6 Å². The largest absolute Gasteiger partial charge is 0.507 e. The van der Waals surface area contributed by atoms with Crippen LogP contribution < -0.4 is 15.6 Å². The zero-order valence-corrected chi connectivity index (χ0v) is 30.2. The van der Waals surface area contributed by atoms with Crippen LogP contribution >= 0.6 is 0 Å². The standard InChI is InChI=1S/C41H47N3O9/c1-25-8-6-11-30(45)10-5-3-4-9-28-19-34(46)39(40(50)38(28)41(51)53-25)32(27-14-16-31(52-2)17-15-27)20-35(47)42-21-37(49)43-22-26-18-29(24-43)33-12-7-13-36(48)44(33)23-26/h4,7,9,12-17,19,25-26,29,32,46,50H,3,5-6,8,10-11,18,20-24H2,1-2H3,(H,42,47)/b9-4+/t25-,26-,29+,32?/m0/s1. The topological polar surface area (TPSA) is 164 Å². The number of rotatable bonds is 7. The Hall–Kier alpha value is -5.39. The Morgan fingerprint density at radius 2 is 1.79 bits per heavy atom. The molecule has 0 radical (unpaired) electrons. The van der Waals surface area contributed by atoms with Crippen molar-refractivity contribution in [2.24, 2.45) is 5.92 Å². The highest BCUT2D eigenvalue weighted by atomic mass is 16.5. The second-order valence-corrected chi connectivity index (χ2v) is 14.4. The number of aromatic hydroxyl groups is 2. The molecule has 3 aliphatic rings. The Morgan fingerprint density at radius 3 is 2.57 bits per heavy atom. The minimum atomic E-state index is -0.932. The molecule has 3 aromatic rings. The van der Waals surface area contributed by atoms with Gasteiger partial charge in [-0.1, -0.05) is 30.4 Å². The number of ketones is 1. The quantitative estimate of drug-likeness (QED) is 0.283. The third-order valence-electron chi connectivity index (χ3n) is 10.6. The third-order valence-corrected chi connectivity index (χ3v) is 10.6. The van der Waals surface area contributed by atoms with E-state index in [4.69, 9.17) is 9.47 Å². The van der Waals surface area contributed by atoms with Gasteiger partial charge in [0.05, 0.1) is 19.8 Å². The highest BCUT2D eigenvalue weighted by Gasteiger charge is 2.36. The monoisotopic (exact) mass is 725 g/mol. The van der Waals surface area contributed by atoms with E-state index in [-0.39, 0.29) is 64.5 Å². The van der Waals surface area contributed by atoms with E-state index < -0.39 is 29.6 Å². The first-order chi connectivity index (χ1) is 25.5. The zero-order valence-electron chi connectivity index (χ0n) is 30.2. The van der Waals surface area contributed by atoms with E-state index in [1.807, 2.05) is 6.07 Å². The van der Waals surface area contributed by atoms with Gasteiger partial charge in [0, 0.05) is 68.1 Å². The molecular formula is C41H47N3O9. The van der Waals surface area contributed by atoms with E-state index in [0.717, 1.165) is 12.1 Å². The predicted octanol–water partition coefficient (Wildman–Crippen LogP) is 5.03. The number of phenols is 2. The molecule has 280 valence electrons. The molecule has 1 aromatic heterocycles. The van der Waals surface area contributed by atoms with Gasteiger partial charge in [0.15, 0.2) is 0 Å². The lowest BCUT2D eigenvalue weighted by Gasteiger charge is -2.42. The summed E-state index contributed by atoms with van der Waals surface area (Å²) < 4.78 is 12.8. The van der Waals surface area contributed by atoms with Crippen molar-refractivity contribution in [3.8, 4) is 17.2 Å². The molecule has 12 nitrogen and oxygen atoms in total. The van der Waals surface area contributed by atoms with Gasteiger partial charge in [0.2, 0.25) is 11.8 Å². The number of benzene rings is 2. The molecule has 4 atom stereocenters.